The lowest BCUT2D eigenvalue weighted by Gasteiger charge is -2.18. The maximum Gasteiger partial charge on any atom is 0.294 e. The van der Waals surface area contributed by atoms with Crippen molar-refractivity contribution < 1.29 is 4.79 Å². The van der Waals surface area contributed by atoms with E-state index >= 15 is 0 Å². The first-order valence-electron chi connectivity index (χ1n) is 9.23. The lowest BCUT2D eigenvalue weighted by atomic mass is 9.90. The van der Waals surface area contributed by atoms with Gasteiger partial charge in [0.25, 0.3) is 5.56 Å². The second-order valence-corrected chi connectivity index (χ2v) is 8.32. The Hall–Kier alpha value is -2.73. The third-order valence-electron chi connectivity index (χ3n) is 5.65. The number of aromatic nitrogens is 2. The Bertz CT molecular complexity index is 1100. The molecule has 2 heterocycles. The van der Waals surface area contributed by atoms with Crippen LogP contribution in [0.3, 0.4) is 0 Å². The predicted molar refractivity (Wildman–Crippen MR) is 107 cm³/mol. The summed E-state index contributed by atoms with van der Waals surface area (Å²) in [5, 5.41) is 7.80. The summed E-state index contributed by atoms with van der Waals surface area (Å²) < 4.78 is 0. The van der Waals surface area contributed by atoms with Crippen LogP contribution in [0.15, 0.2) is 58.7 Å². The van der Waals surface area contributed by atoms with Crippen molar-refractivity contribution in [3.8, 4) is 10.6 Å². The van der Waals surface area contributed by atoms with E-state index in [0.717, 1.165) is 27.9 Å². The van der Waals surface area contributed by atoms with Crippen molar-refractivity contribution in [2.45, 2.75) is 19.3 Å². The molecule has 2 aliphatic rings. The van der Waals surface area contributed by atoms with Gasteiger partial charge < -0.3 is 0 Å². The van der Waals surface area contributed by atoms with Crippen LogP contribution < -0.4 is 11.0 Å². The number of hydrogen-bond acceptors (Lipinski definition) is 4. The highest BCUT2D eigenvalue weighted by Gasteiger charge is 2.36. The van der Waals surface area contributed by atoms with Crippen LogP contribution in [0.4, 0.5) is 0 Å². The Morgan fingerprint density at radius 2 is 2.00 bits per heavy atom. The van der Waals surface area contributed by atoms with Crippen LogP contribution in [0, 0.1) is 17.8 Å². The zero-order chi connectivity index (χ0) is 18.4. The summed E-state index contributed by atoms with van der Waals surface area (Å²) >= 11 is 1.56. The van der Waals surface area contributed by atoms with Crippen molar-refractivity contribution in [1.29, 1.82) is 0 Å². The van der Waals surface area contributed by atoms with Crippen LogP contribution in [0.25, 0.3) is 21.3 Å². The zero-order valence-corrected chi connectivity index (χ0v) is 15.5. The van der Waals surface area contributed by atoms with E-state index in [0.29, 0.717) is 35.3 Å². The summed E-state index contributed by atoms with van der Waals surface area (Å²) in [6.07, 6.45) is 7.16. The van der Waals surface area contributed by atoms with Crippen LogP contribution in [0.2, 0.25) is 0 Å². The Morgan fingerprint density at radius 3 is 2.70 bits per heavy atom. The molecule has 0 unspecified atom stereocenters. The van der Waals surface area contributed by atoms with E-state index in [2.05, 4.69) is 22.7 Å². The number of thiophene rings is 1. The van der Waals surface area contributed by atoms with Gasteiger partial charge in [-0.15, -0.1) is 21.2 Å². The Labute approximate surface area is 160 Å². The Morgan fingerprint density at radius 1 is 1.15 bits per heavy atom. The van der Waals surface area contributed by atoms with Gasteiger partial charge in [-0.1, -0.05) is 36.4 Å². The molecule has 3 aromatic rings. The highest BCUT2D eigenvalue weighted by molar-refractivity contribution is 7.13. The van der Waals surface area contributed by atoms with Gasteiger partial charge in [0, 0.05) is 11.8 Å². The number of nitrogens with one attached hydrogen (secondary N) is 1. The molecular weight excluding hydrogens is 358 g/mol. The van der Waals surface area contributed by atoms with E-state index in [1.54, 1.807) is 17.4 Å². The summed E-state index contributed by atoms with van der Waals surface area (Å²) in [6.45, 7) is 0. The standard InChI is InChI=1S/C21H19N3O2S/c25-19(12-15-11-13-7-8-14(15)10-13)22-24-21(26)17-5-2-1-4-16(17)20(23-24)18-6-3-9-27-18/h1-9,13-15H,10-12H2,(H,22,25)/t13-,14-,15+/m1/s1. The number of allylic oxidation sites excluding steroid dienone is 2. The molecule has 1 fully saturated rings. The van der Waals surface area contributed by atoms with Crippen molar-refractivity contribution in [1.82, 2.24) is 9.89 Å². The van der Waals surface area contributed by atoms with Crippen molar-refractivity contribution in [2.75, 3.05) is 5.43 Å². The molecule has 1 N–H and O–H groups in total. The minimum Gasteiger partial charge on any atom is -0.273 e. The van der Waals surface area contributed by atoms with E-state index in [9.17, 15) is 9.59 Å². The molecule has 0 saturated heterocycles. The highest BCUT2D eigenvalue weighted by Crippen LogP contribution is 2.44. The Balaban J connectivity index is 1.48. The molecule has 6 heteroatoms. The molecule has 0 radical (unpaired) electrons. The zero-order valence-electron chi connectivity index (χ0n) is 14.7. The van der Waals surface area contributed by atoms with Gasteiger partial charge in [0.1, 0.15) is 5.69 Å². The van der Waals surface area contributed by atoms with E-state index in [1.807, 2.05) is 35.7 Å². The first-order valence-corrected chi connectivity index (χ1v) is 10.1. The average molecular weight is 377 g/mol. The maximum absolute atomic E-state index is 12.8. The van der Waals surface area contributed by atoms with Crippen molar-refractivity contribution in [3.05, 3.63) is 64.3 Å². The molecule has 0 aliphatic heterocycles. The maximum atomic E-state index is 12.8. The summed E-state index contributed by atoms with van der Waals surface area (Å²) in [6, 6.07) is 11.3. The molecule has 2 aromatic heterocycles. The van der Waals surface area contributed by atoms with Crippen molar-refractivity contribution >= 4 is 28.0 Å². The molecule has 27 heavy (non-hydrogen) atoms. The monoisotopic (exact) mass is 377 g/mol. The molecule has 5 rings (SSSR count). The fourth-order valence-electron chi connectivity index (χ4n) is 4.39. The Kier molecular flexibility index (Phi) is 3.93. The van der Waals surface area contributed by atoms with Gasteiger partial charge in [-0.2, -0.15) is 0 Å². The van der Waals surface area contributed by atoms with E-state index in [-0.39, 0.29) is 11.5 Å². The normalized spacial score (nSPS) is 23.2. The van der Waals surface area contributed by atoms with Gasteiger partial charge in [0.05, 0.1) is 10.3 Å². The molecule has 2 aliphatic carbocycles. The largest absolute Gasteiger partial charge is 0.294 e. The third-order valence-corrected chi connectivity index (χ3v) is 6.53. The van der Waals surface area contributed by atoms with Gasteiger partial charge in [0.2, 0.25) is 5.91 Å². The number of hydrogen-bond donors (Lipinski definition) is 1. The summed E-state index contributed by atoms with van der Waals surface area (Å²) in [4.78, 5) is 27.5. The highest BCUT2D eigenvalue weighted by atomic mass is 32.1. The fraction of sp³-hybridized carbons (Fsp3) is 0.286. The second kappa shape index (κ2) is 6.46. The predicted octanol–water partition coefficient (Wildman–Crippen LogP) is 3.80. The fourth-order valence-corrected chi connectivity index (χ4v) is 5.12. The summed E-state index contributed by atoms with van der Waals surface area (Å²) in [5.74, 6) is 1.35. The SMILES string of the molecule is O=C(C[C@@H]1C[C@@H]2C=C[C@@H]1C2)Nn1nc(-c2cccs2)c2ccccc2c1=O. The molecule has 5 nitrogen and oxygen atoms in total. The van der Waals surface area contributed by atoms with Crippen LogP contribution >= 0.6 is 11.3 Å². The van der Waals surface area contributed by atoms with Gasteiger partial charge in [0.15, 0.2) is 0 Å². The van der Waals surface area contributed by atoms with E-state index in [1.165, 1.54) is 0 Å². The van der Waals surface area contributed by atoms with Gasteiger partial charge >= 0.3 is 0 Å². The lowest BCUT2D eigenvalue weighted by molar-refractivity contribution is -0.118. The van der Waals surface area contributed by atoms with Gasteiger partial charge in [-0.3, -0.25) is 9.59 Å². The number of fused-ring (bicyclic) bond motifs is 3. The van der Waals surface area contributed by atoms with Crippen LogP contribution in [0.5, 0.6) is 0 Å². The number of amides is 1. The minimum atomic E-state index is -0.299. The third kappa shape index (κ3) is 2.90. The van der Waals surface area contributed by atoms with Crippen LogP contribution in [-0.2, 0) is 4.79 Å². The lowest BCUT2D eigenvalue weighted by Crippen LogP contribution is -2.36. The topological polar surface area (TPSA) is 64.0 Å². The number of nitrogens with zero attached hydrogens (tertiary/aromatic N) is 2. The molecule has 1 saturated carbocycles. The van der Waals surface area contributed by atoms with Crippen LogP contribution in [-0.4, -0.2) is 15.8 Å². The minimum absolute atomic E-state index is 0.150. The summed E-state index contributed by atoms with van der Waals surface area (Å²) in [5.41, 5.74) is 3.14. The second-order valence-electron chi connectivity index (χ2n) is 7.37. The quantitative estimate of drug-likeness (QED) is 0.704. The molecular formula is C21H19N3O2S. The summed E-state index contributed by atoms with van der Waals surface area (Å²) in [7, 11) is 0. The van der Waals surface area contributed by atoms with Crippen molar-refractivity contribution in [2.24, 2.45) is 17.8 Å². The molecule has 0 spiro atoms. The molecule has 136 valence electrons. The van der Waals surface area contributed by atoms with Crippen LogP contribution in [0.1, 0.15) is 19.3 Å². The van der Waals surface area contributed by atoms with Gasteiger partial charge in [-0.25, -0.2) is 5.43 Å². The molecule has 3 atom stereocenters. The van der Waals surface area contributed by atoms with Gasteiger partial charge in [-0.05, 0) is 48.1 Å². The molecule has 2 bridgehead atoms. The number of benzene rings is 1. The smallest absolute Gasteiger partial charge is 0.273 e. The first kappa shape index (κ1) is 16.4. The number of rotatable bonds is 4. The van der Waals surface area contributed by atoms with Crippen molar-refractivity contribution in [3.63, 3.8) is 0 Å². The first-order chi connectivity index (χ1) is 13.2. The number of carbonyl (C=O) groups excluding carboxylic acids is 1. The van der Waals surface area contributed by atoms with E-state index < -0.39 is 0 Å². The molecule has 1 aromatic carbocycles. The van der Waals surface area contributed by atoms with E-state index in [4.69, 9.17) is 0 Å². The average Bonchev–Trinajstić information content (AvgIpc) is 3.42. The number of carbonyl (C=O) groups is 1. The molecule has 1 amide bonds.